The van der Waals surface area contributed by atoms with Crippen LogP contribution in [-0.2, 0) is 6.18 Å². The highest BCUT2D eigenvalue weighted by molar-refractivity contribution is 14.1. The van der Waals surface area contributed by atoms with Crippen LogP contribution >= 0.6 is 22.6 Å². The molecule has 10 heavy (non-hydrogen) atoms. The summed E-state index contributed by atoms with van der Waals surface area (Å²) in [5.74, 6) is -0.947. The number of halogens is 4. The smallest absolute Gasteiger partial charge is 0.446 e. The van der Waals surface area contributed by atoms with E-state index in [9.17, 15) is 13.2 Å². The van der Waals surface area contributed by atoms with Gasteiger partial charge < -0.3 is 4.42 Å². The van der Waals surface area contributed by atoms with Crippen molar-refractivity contribution in [3.05, 3.63) is 21.7 Å². The molecular weight excluding hydrogens is 260 g/mol. The Morgan fingerprint density at radius 3 is 2.10 bits per heavy atom. The lowest BCUT2D eigenvalue weighted by atomic mass is 10.4. The predicted molar refractivity (Wildman–Crippen MR) is 36.4 cm³/mol. The third-order valence-corrected chi connectivity index (χ3v) is 1.43. The fourth-order valence-electron chi connectivity index (χ4n) is 0.467. The van der Waals surface area contributed by atoms with Gasteiger partial charge >= 0.3 is 6.18 Å². The zero-order valence-electron chi connectivity index (χ0n) is 4.57. The summed E-state index contributed by atoms with van der Waals surface area (Å²) in [6.45, 7) is 0. The van der Waals surface area contributed by atoms with E-state index in [2.05, 4.69) is 4.42 Å². The van der Waals surface area contributed by atoms with Crippen molar-refractivity contribution in [3.8, 4) is 0 Å². The Morgan fingerprint density at radius 2 is 1.90 bits per heavy atom. The minimum absolute atomic E-state index is 0.241. The van der Waals surface area contributed by atoms with Crippen LogP contribution in [0.2, 0.25) is 0 Å². The highest BCUT2D eigenvalue weighted by Crippen LogP contribution is 2.30. The van der Waals surface area contributed by atoms with Crippen LogP contribution in [0.3, 0.4) is 0 Å². The van der Waals surface area contributed by atoms with Gasteiger partial charge in [-0.25, -0.2) is 0 Å². The van der Waals surface area contributed by atoms with E-state index in [0.717, 1.165) is 6.07 Å². The second-order valence-electron chi connectivity index (χ2n) is 1.60. The van der Waals surface area contributed by atoms with E-state index >= 15 is 0 Å². The highest BCUT2D eigenvalue weighted by atomic mass is 127. The zero-order valence-corrected chi connectivity index (χ0v) is 6.73. The lowest BCUT2D eigenvalue weighted by Gasteiger charge is -1.98. The lowest BCUT2D eigenvalue weighted by molar-refractivity contribution is -0.153. The maximum Gasteiger partial charge on any atom is 0.449 e. The third kappa shape index (κ3) is 1.65. The predicted octanol–water partition coefficient (Wildman–Crippen LogP) is 2.90. The van der Waals surface area contributed by atoms with Crippen LogP contribution in [0.5, 0.6) is 0 Å². The molecule has 0 aliphatic rings. The van der Waals surface area contributed by atoms with Gasteiger partial charge in [-0.3, -0.25) is 0 Å². The molecule has 0 saturated carbocycles. The normalized spacial score (nSPS) is 12.0. The maximum absolute atomic E-state index is 11.7. The van der Waals surface area contributed by atoms with Crippen molar-refractivity contribution in [2.75, 3.05) is 0 Å². The first kappa shape index (κ1) is 7.90. The molecule has 1 aromatic heterocycles. The third-order valence-electron chi connectivity index (χ3n) is 0.853. The lowest BCUT2D eigenvalue weighted by Crippen LogP contribution is -2.01. The van der Waals surface area contributed by atoms with Crippen LogP contribution < -0.4 is 0 Å². The van der Waals surface area contributed by atoms with Gasteiger partial charge in [-0.05, 0) is 34.7 Å². The topological polar surface area (TPSA) is 13.1 Å². The Hall–Kier alpha value is -0.200. The molecule has 0 unspecified atom stereocenters. The van der Waals surface area contributed by atoms with Crippen LogP contribution in [0.25, 0.3) is 0 Å². The van der Waals surface area contributed by atoms with Crippen LogP contribution in [0.4, 0.5) is 13.2 Å². The van der Waals surface area contributed by atoms with E-state index in [1.807, 2.05) is 0 Å². The molecule has 1 heterocycles. The standard InChI is InChI=1S/C5H2F3IO/c6-5(7,8)3-1-2-4(9)10-3/h1-2H. The second kappa shape index (κ2) is 2.44. The van der Waals surface area contributed by atoms with Gasteiger partial charge in [0.1, 0.15) is 0 Å². The quantitative estimate of drug-likeness (QED) is 0.655. The Balaban J connectivity index is 2.96. The minimum Gasteiger partial charge on any atom is -0.446 e. The SMILES string of the molecule is FC(F)(F)c1ccc(I)o1. The zero-order chi connectivity index (χ0) is 7.78. The van der Waals surface area contributed by atoms with Gasteiger partial charge in [-0.2, -0.15) is 13.2 Å². The van der Waals surface area contributed by atoms with Crippen molar-refractivity contribution >= 4 is 22.6 Å². The summed E-state index contributed by atoms with van der Waals surface area (Å²) in [5.41, 5.74) is 0. The molecule has 0 spiro atoms. The van der Waals surface area contributed by atoms with Crippen molar-refractivity contribution in [3.63, 3.8) is 0 Å². The van der Waals surface area contributed by atoms with Gasteiger partial charge in [0.2, 0.25) is 5.76 Å². The maximum atomic E-state index is 11.7. The molecule has 0 aliphatic carbocycles. The summed E-state index contributed by atoms with van der Waals surface area (Å²) in [5, 5.41) is 0. The van der Waals surface area contributed by atoms with Crippen LogP contribution in [0, 0.1) is 3.77 Å². The molecule has 0 N–H and O–H groups in total. The van der Waals surface area contributed by atoms with Crippen LogP contribution in [0.1, 0.15) is 5.76 Å². The monoisotopic (exact) mass is 262 g/mol. The fourth-order valence-corrected chi connectivity index (χ4v) is 0.884. The molecule has 0 radical (unpaired) electrons. The van der Waals surface area contributed by atoms with Crippen molar-refractivity contribution in [2.45, 2.75) is 6.18 Å². The molecule has 0 bridgehead atoms. The average molecular weight is 262 g/mol. The number of hydrogen-bond donors (Lipinski definition) is 0. The Labute approximate surface area is 68.3 Å². The molecule has 5 heteroatoms. The van der Waals surface area contributed by atoms with Crippen LogP contribution in [0.15, 0.2) is 16.5 Å². The largest absolute Gasteiger partial charge is 0.449 e. The van der Waals surface area contributed by atoms with E-state index in [1.165, 1.54) is 6.07 Å². The Morgan fingerprint density at radius 1 is 1.30 bits per heavy atom. The summed E-state index contributed by atoms with van der Waals surface area (Å²) in [6.07, 6.45) is -4.36. The summed E-state index contributed by atoms with van der Waals surface area (Å²) >= 11 is 1.67. The molecule has 56 valence electrons. The molecule has 0 aliphatic heterocycles. The van der Waals surface area contributed by atoms with Crippen LogP contribution in [-0.4, -0.2) is 0 Å². The first-order chi connectivity index (χ1) is 4.50. The van der Waals surface area contributed by atoms with Gasteiger partial charge in [0.15, 0.2) is 3.77 Å². The fraction of sp³-hybridized carbons (Fsp3) is 0.200. The van der Waals surface area contributed by atoms with E-state index < -0.39 is 11.9 Å². The minimum atomic E-state index is -4.36. The summed E-state index contributed by atoms with van der Waals surface area (Å²) in [7, 11) is 0. The molecule has 1 aromatic rings. The van der Waals surface area contributed by atoms with E-state index in [0.29, 0.717) is 0 Å². The van der Waals surface area contributed by atoms with E-state index in [-0.39, 0.29) is 3.77 Å². The van der Waals surface area contributed by atoms with E-state index in [4.69, 9.17) is 0 Å². The molecule has 0 amide bonds. The molecule has 1 nitrogen and oxygen atoms in total. The first-order valence-corrected chi connectivity index (χ1v) is 3.40. The average Bonchev–Trinajstić information content (AvgIpc) is 2.11. The van der Waals surface area contributed by atoms with Gasteiger partial charge in [0.25, 0.3) is 0 Å². The molecule has 0 atom stereocenters. The number of furan rings is 1. The Bertz CT molecular complexity index is 227. The molecule has 0 saturated heterocycles. The van der Waals surface area contributed by atoms with Crippen molar-refractivity contribution in [1.29, 1.82) is 0 Å². The summed E-state index contributed by atoms with van der Waals surface area (Å²) < 4.78 is 39.7. The summed E-state index contributed by atoms with van der Waals surface area (Å²) in [6, 6.07) is 2.17. The molecular formula is C5H2F3IO. The van der Waals surface area contributed by atoms with Crippen molar-refractivity contribution in [1.82, 2.24) is 0 Å². The molecule has 0 aromatic carbocycles. The van der Waals surface area contributed by atoms with Gasteiger partial charge in [-0.1, -0.05) is 0 Å². The number of alkyl halides is 3. The highest BCUT2D eigenvalue weighted by Gasteiger charge is 2.34. The number of hydrogen-bond acceptors (Lipinski definition) is 1. The van der Waals surface area contributed by atoms with Crippen molar-refractivity contribution in [2.24, 2.45) is 0 Å². The van der Waals surface area contributed by atoms with Gasteiger partial charge in [0.05, 0.1) is 0 Å². The molecule has 1 rings (SSSR count). The Kier molecular flexibility index (Phi) is 1.93. The molecule has 0 fully saturated rings. The second-order valence-corrected chi connectivity index (χ2v) is 2.66. The first-order valence-electron chi connectivity index (χ1n) is 2.32. The van der Waals surface area contributed by atoms with Gasteiger partial charge in [0, 0.05) is 0 Å². The van der Waals surface area contributed by atoms with E-state index in [1.54, 1.807) is 22.6 Å². The van der Waals surface area contributed by atoms with Gasteiger partial charge in [-0.15, -0.1) is 0 Å². The number of rotatable bonds is 0. The summed E-state index contributed by atoms with van der Waals surface area (Å²) in [4.78, 5) is 0. The van der Waals surface area contributed by atoms with Crippen molar-refractivity contribution < 1.29 is 17.6 Å².